The van der Waals surface area contributed by atoms with E-state index in [4.69, 9.17) is 11.0 Å². The number of alkyl halides is 2. The highest BCUT2D eigenvalue weighted by Crippen LogP contribution is 2.28. The van der Waals surface area contributed by atoms with Crippen molar-refractivity contribution < 1.29 is 17.9 Å². The van der Waals surface area contributed by atoms with Crippen LogP contribution < -0.4 is 10.5 Å². The first kappa shape index (κ1) is 10.2. The number of anilines is 1. The Labute approximate surface area is 77.5 Å². The van der Waals surface area contributed by atoms with Gasteiger partial charge in [-0.25, -0.2) is 4.39 Å². The fraction of sp³-hybridized carbons (Fsp3) is 0.125. The molecule has 6 heteroatoms. The van der Waals surface area contributed by atoms with Gasteiger partial charge in [0.2, 0.25) is 0 Å². The second kappa shape index (κ2) is 3.87. The van der Waals surface area contributed by atoms with Crippen molar-refractivity contribution in [2.24, 2.45) is 0 Å². The van der Waals surface area contributed by atoms with E-state index in [1.807, 2.05) is 0 Å². The van der Waals surface area contributed by atoms with Crippen molar-refractivity contribution in [1.29, 1.82) is 5.26 Å². The number of nitrogens with two attached hydrogens (primary N) is 1. The molecule has 2 N–H and O–H groups in total. The minimum atomic E-state index is -3.15. The molecule has 0 radical (unpaired) electrons. The number of nitrogens with zero attached hydrogens (tertiary/aromatic N) is 1. The number of nitrogen functional groups attached to an aromatic ring is 1. The molecule has 0 aliphatic carbocycles. The molecule has 14 heavy (non-hydrogen) atoms. The number of hydrogen-bond acceptors (Lipinski definition) is 3. The molecular weight excluding hydrogens is 197 g/mol. The number of halogens is 3. The third-order valence-corrected chi connectivity index (χ3v) is 1.41. The summed E-state index contributed by atoms with van der Waals surface area (Å²) in [5.41, 5.74) is 4.81. The zero-order valence-electron chi connectivity index (χ0n) is 6.80. The maximum absolute atomic E-state index is 13.0. The molecule has 1 aromatic carbocycles. The first-order chi connectivity index (χ1) is 6.54. The van der Waals surface area contributed by atoms with E-state index in [1.165, 1.54) is 0 Å². The summed E-state index contributed by atoms with van der Waals surface area (Å²) in [6, 6.07) is 3.45. The van der Waals surface area contributed by atoms with Crippen LogP contribution in [0.4, 0.5) is 18.9 Å². The van der Waals surface area contributed by atoms with Gasteiger partial charge in [-0.15, -0.1) is 0 Å². The predicted molar refractivity (Wildman–Crippen MR) is 42.2 cm³/mol. The van der Waals surface area contributed by atoms with Crippen molar-refractivity contribution in [3.8, 4) is 11.8 Å². The molecule has 0 heterocycles. The van der Waals surface area contributed by atoms with Crippen LogP contribution in [0.3, 0.4) is 0 Å². The van der Waals surface area contributed by atoms with E-state index in [9.17, 15) is 13.2 Å². The first-order valence-electron chi connectivity index (χ1n) is 3.48. The van der Waals surface area contributed by atoms with Crippen molar-refractivity contribution in [2.75, 3.05) is 5.73 Å². The SMILES string of the molecule is N#Cc1cc(N)c(OC(F)F)c(F)c1. The summed E-state index contributed by atoms with van der Waals surface area (Å²) in [5.74, 6) is -1.82. The van der Waals surface area contributed by atoms with Crippen molar-refractivity contribution in [1.82, 2.24) is 0 Å². The molecule has 0 fully saturated rings. The van der Waals surface area contributed by atoms with Crippen LogP contribution in [0.1, 0.15) is 5.56 Å². The lowest BCUT2D eigenvalue weighted by Crippen LogP contribution is -2.06. The molecule has 0 unspecified atom stereocenters. The van der Waals surface area contributed by atoms with E-state index >= 15 is 0 Å². The topological polar surface area (TPSA) is 59.0 Å². The molecule has 0 amide bonds. The summed E-state index contributed by atoms with van der Waals surface area (Å²) in [6.45, 7) is -3.15. The highest BCUT2D eigenvalue weighted by Gasteiger charge is 2.14. The molecule has 0 bridgehead atoms. The van der Waals surface area contributed by atoms with E-state index in [0.29, 0.717) is 0 Å². The summed E-state index contributed by atoms with van der Waals surface area (Å²) in [7, 11) is 0. The van der Waals surface area contributed by atoms with E-state index in [0.717, 1.165) is 12.1 Å². The Balaban J connectivity index is 3.13. The largest absolute Gasteiger partial charge is 0.429 e. The molecule has 74 valence electrons. The Morgan fingerprint density at radius 3 is 2.50 bits per heavy atom. The minimum Gasteiger partial charge on any atom is -0.429 e. The Kier molecular flexibility index (Phi) is 2.82. The quantitative estimate of drug-likeness (QED) is 0.745. The summed E-state index contributed by atoms with van der Waals surface area (Å²) in [4.78, 5) is 0. The highest BCUT2D eigenvalue weighted by molar-refractivity contribution is 5.57. The van der Waals surface area contributed by atoms with Gasteiger partial charge >= 0.3 is 6.61 Å². The average molecular weight is 202 g/mol. The molecular formula is C8H5F3N2O. The van der Waals surface area contributed by atoms with Gasteiger partial charge in [0, 0.05) is 0 Å². The number of nitriles is 1. The molecule has 0 saturated carbocycles. The van der Waals surface area contributed by atoms with Crippen LogP contribution in [0.25, 0.3) is 0 Å². The molecule has 0 aliphatic heterocycles. The van der Waals surface area contributed by atoms with Crippen molar-refractivity contribution in [3.05, 3.63) is 23.5 Å². The van der Waals surface area contributed by atoms with Gasteiger partial charge in [0.25, 0.3) is 0 Å². The summed E-state index contributed by atoms with van der Waals surface area (Å²) in [6.07, 6.45) is 0. The predicted octanol–water partition coefficient (Wildman–Crippen LogP) is 1.88. The van der Waals surface area contributed by atoms with Crippen LogP contribution in [0.15, 0.2) is 12.1 Å². The van der Waals surface area contributed by atoms with Crippen LogP contribution in [-0.2, 0) is 0 Å². The lowest BCUT2D eigenvalue weighted by molar-refractivity contribution is -0.0516. The van der Waals surface area contributed by atoms with Crippen LogP contribution in [0, 0.1) is 17.1 Å². The molecule has 0 aliphatic rings. The molecule has 0 atom stereocenters. The molecule has 0 aromatic heterocycles. The maximum Gasteiger partial charge on any atom is 0.387 e. The number of hydrogen-bond donors (Lipinski definition) is 1. The fourth-order valence-corrected chi connectivity index (χ4v) is 0.893. The van der Waals surface area contributed by atoms with Gasteiger partial charge in [-0.3, -0.25) is 0 Å². The Bertz CT molecular complexity index is 364. The molecule has 1 aromatic rings. The van der Waals surface area contributed by atoms with Crippen molar-refractivity contribution in [2.45, 2.75) is 6.61 Å². The van der Waals surface area contributed by atoms with Crippen LogP contribution >= 0.6 is 0 Å². The van der Waals surface area contributed by atoms with Gasteiger partial charge in [0.15, 0.2) is 11.6 Å². The zero-order valence-corrected chi connectivity index (χ0v) is 6.80. The molecule has 1 rings (SSSR count). The van der Waals surface area contributed by atoms with E-state index in [-0.39, 0.29) is 11.3 Å². The van der Waals surface area contributed by atoms with E-state index < -0.39 is 18.2 Å². The van der Waals surface area contributed by atoms with Gasteiger partial charge in [-0.05, 0) is 12.1 Å². The zero-order chi connectivity index (χ0) is 10.7. The van der Waals surface area contributed by atoms with Crippen LogP contribution in [0.5, 0.6) is 5.75 Å². The third-order valence-electron chi connectivity index (χ3n) is 1.41. The number of rotatable bonds is 2. The van der Waals surface area contributed by atoms with Crippen LogP contribution in [0.2, 0.25) is 0 Å². The van der Waals surface area contributed by atoms with Gasteiger partial charge in [-0.1, -0.05) is 0 Å². The standard InChI is InChI=1S/C8H5F3N2O/c9-5-1-4(3-12)2-6(13)7(5)14-8(10)11/h1-2,8H,13H2. The number of ether oxygens (including phenoxy) is 1. The molecule has 0 spiro atoms. The highest BCUT2D eigenvalue weighted by atomic mass is 19.3. The lowest BCUT2D eigenvalue weighted by Gasteiger charge is -2.08. The summed E-state index contributed by atoms with van der Waals surface area (Å²) >= 11 is 0. The minimum absolute atomic E-state index is 0.0541. The van der Waals surface area contributed by atoms with Gasteiger partial charge in [0.05, 0.1) is 17.3 Å². The second-order valence-corrected chi connectivity index (χ2v) is 2.37. The second-order valence-electron chi connectivity index (χ2n) is 2.37. The van der Waals surface area contributed by atoms with Gasteiger partial charge in [0.1, 0.15) is 0 Å². The Morgan fingerprint density at radius 1 is 1.43 bits per heavy atom. The molecule has 0 saturated heterocycles. The van der Waals surface area contributed by atoms with E-state index in [2.05, 4.69) is 4.74 Å². The maximum atomic E-state index is 13.0. The third kappa shape index (κ3) is 2.07. The summed E-state index contributed by atoms with van der Waals surface area (Å²) < 4.78 is 40.3. The Morgan fingerprint density at radius 2 is 2.07 bits per heavy atom. The summed E-state index contributed by atoms with van der Waals surface area (Å²) in [5, 5.41) is 8.40. The Hall–Kier alpha value is -1.90. The van der Waals surface area contributed by atoms with Gasteiger partial charge in [-0.2, -0.15) is 14.0 Å². The van der Waals surface area contributed by atoms with Crippen LogP contribution in [-0.4, -0.2) is 6.61 Å². The van der Waals surface area contributed by atoms with Crippen molar-refractivity contribution >= 4 is 5.69 Å². The molecule has 3 nitrogen and oxygen atoms in total. The van der Waals surface area contributed by atoms with Gasteiger partial charge < -0.3 is 10.5 Å². The van der Waals surface area contributed by atoms with E-state index in [1.54, 1.807) is 6.07 Å². The smallest absolute Gasteiger partial charge is 0.387 e. The lowest BCUT2D eigenvalue weighted by atomic mass is 10.2. The number of benzene rings is 1. The van der Waals surface area contributed by atoms with Crippen molar-refractivity contribution in [3.63, 3.8) is 0 Å². The average Bonchev–Trinajstić information content (AvgIpc) is 2.10. The monoisotopic (exact) mass is 202 g/mol. The first-order valence-corrected chi connectivity index (χ1v) is 3.48. The normalized spacial score (nSPS) is 9.93. The fourth-order valence-electron chi connectivity index (χ4n) is 0.893.